The third-order valence-corrected chi connectivity index (χ3v) is 2.25. The first-order chi connectivity index (χ1) is 7.29. The van der Waals surface area contributed by atoms with E-state index >= 15 is 0 Å². The van der Waals surface area contributed by atoms with Gasteiger partial charge in [-0.1, -0.05) is 0 Å². The molecule has 0 aliphatic rings. The van der Waals surface area contributed by atoms with E-state index in [1.807, 2.05) is 18.3 Å². The van der Waals surface area contributed by atoms with Crippen LogP contribution in [0.2, 0.25) is 0 Å². The van der Waals surface area contributed by atoms with Crippen molar-refractivity contribution in [2.75, 3.05) is 11.9 Å². The first-order valence-electron chi connectivity index (χ1n) is 5.06. The molecule has 0 saturated heterocycles. The summed E-state index contributed by atoms with van der Waals surface area (Å²) in [6.45, 7) is 2.78. The van der Waals surface area contributed by atoms with E-state index in [0.717, 1.165) is 17.9 Å². The van der Waals surface area contributed by atoms with Crippen LogP contribution in [0.4, 0.5) is 5.82 Å². The number of nitrogens with zero attached hydrogens (tertiary/aromatic N) is 3. The summed E-state index contributed by atoms with van der Waals surface area (Å²) < 4.78 is 1.73. The predicted molar refractivity (Wildman–Crippen MR) is 59.7 cm³/mol. The van der Waals surface area contributed by atoms with Crippen molar-refractivity contribution in [3.63, 3.8) is 0 Å². The number of nitrogens with one attached hydrogen (secondary N) is 1. The Kier molecular flexibility index (Phi) is 2.82. The van der Waals surface area contributed by atoms with Gasteiger partial charge in [0.05, 0.1) is 6.20 Å². The van der Waals surface area contributed by atoms with Crippen molar-refractivity contribution in [2.45, 2.75) is 19.4 Å². The molecule has 0 aliphatic carbocycles. The zero-order chi connectivity index (χ0) is 10.7. The van der Waals surface area contributed by atoms with Gasteiger partial charge in [-0.2, -0.15) is 5.10 Å². The maximum atomic E-state index is 5.48. The van der Waals surface area contributed by atoms with Crippen LogP contribution in [0.5, 0.6) is 0 Å². The molecule has 80 valence electrons. The number of fused-ring (bicyclic) bond motifs is 1. The molecule has 2 heterocycles. The largest absolute Gasteiger partial charge is 0.367 e. The second-order valence-electron chi connectivity index (χ2n) is 3.57. The van der Waals surface area contributed by atoms with Crippen LogP contribution in [0.15, 0.2) is 24.5 Å². The van der Waals surface area contributed by atoms with Gasteiger partial charge in [-0.05, 0) is 26.0 Å². The van der Waals surface area contributed by atoms with Crippen molar-refractivity contribution in [3.8, 4) is 0 Å². The van der Waals surface area contributed by atoms with E-state index in [0.29, 0.717) is 12.6 Å². The van der Waals surface area contributed by atoms with Crippen LogP contribution in [0.1, 0.15) is 13.3 Å². The van der Waals surface area contributed by atoms with Gasteiger partial charge in [0.15, 0.2) is 5.65 Å². The minimum Gasteiger partial charge on any atom is -0.367 e. The van der Waals surface area contributed by atoms with Crippen LogP contribution in [0.25, 0.3) is 5.65 Å². The highest BCUT2D eigenvalue weighted by molar-refractivity contribution is 5.45. The van der Waals surface area contributed by atoms with E-state index in [1.165, 1.54) is 0 Å². The number of aromatic nitrogens is 3. The summed E-state index contributed by atoms with van der Waals surface area (Å²) in [5, 5.41) is 7.37. The highest BCUT2D eigenvalue weighted by Crippen LogP contribution is 2.07. The van der Waals surface area contributed by atoms with Crippen molar-refractivity contribution < 1.29 is 0 Å². The molecule has 2 aromatic rings. The van der Waals surface area contributed by atoms with Gasteiger partial charge in [0.25, 0.3) is 0 Å². The molecule has 0 amide bonds. The second-order valence-corrected chi connectivity index (χ2v) is 3.57. The quantitative estimate of drug-likeness (QED) is 0.777. The van der Waals surface area contributed by atoms with E-state index in [2.05, 4.69) is 22.3 Å². The van der Waals surface area contributed by atoms with E-state index in [-0.39, 0.29) is 0 Å². The third kappa shape index (κ3) is 2.24. The van der Waals surface area contributed by atoms with Crippen molar-refractivity contribution >= 4 is 11.5 Å². The average Bonchev–Trinajstić information content (AvgIpc) is 2.65. The van der Waals surface area contributed by atoms with Crippen molar-refractivity contribution in [3.05, 3.63) is 24.5 Å². The van der Waals surface area contributed by atoms with Gasteiger partial charge >= 0.3 is 0 Å². The molecule has 2 aromatic heterocycles. The molecule has 0 bridgehead atoms. The van der Waals surface area contributed by atoms with Crippen LogP contribution in [-0.2, 0) is 0 Å². The van der Waals surface area contributed by atoms with Crippen molar-refractivity contribution in [2.24, 2.45) is 5.73 Å². The zero-order valence-electron chi connectivity index (χ0n) is 8.72. The molecule has 0 aliphatic heterocycles. The molecule has 0 saturated carbocycles. The number of hydrogen-bond acceptors (Lipinski definition) is 4. The molecular weight excluding hydrogens is 190 g/mol. The maximum absolute atomic E-state index is 5.48. The Bertz CT molecular complexity index is 436. The first kappa shape index (κ1) is 9.92. The molecule has 1 atom stereocenters. The normalized spacial score (nSPS) is 12.9. The summed E-state index contributed by atoms with van der Waals surface area (Å²) in [6.07, 6.45) is 4.56. The number of anilines is 1. The fourth-order valence-corrected chi connectivity index (χ4v) is 1.47. The number of rotatable bonds is 4. The Hall–Kier alpha value is -1.62. The van der Waals surface area contributed by atoms with Crippen molar-refractivity contribution in [1.29, 1.82) is 0 Å². The standard InChI is InChI=1S/C10H15N5/c1-8(2-5-11)13-9-4-7-15-10(14-9)3-6-12-15/h3-4,6-8H,2,5,11H2,1H3,(H,13,14). The Morgan fingerprint density at radius 1 is 1.53 bits per heavy atom. The third-order valence-electron chi connectivity index (χ3n) is 2.25. The summed E-state index contributed by atoms with van der Waals surface area (Å²) in [5.74, 6) is 0.865. The smallest absolute Gasteiger partial charge is 0.157 e. The summed E-state index contributed by atoms with van der Waals surface area (Å²) in [4.78, 5) is 4.41. The lowest BCUT2D eigenvalue weighted by atomic mass is 10.2. The van der Waals surface area contributed by atoms with Crippen LogP contribution in [-0.4, -0.2) is 27.2 Å². The highest BCUT2D eigenvalue weighted by atomic mass is 15.2. The molecular formula is C10H15N5. The molecule has 15 heavy (non-hydrogen) atoms. The summed E-state index contributed by atoms with van der Waals surface area (Å²) >= 11 is 0. The van der Waals surface area contributed by atoms with Gasteiger partial charge in [0.2, 0.25) is 0 Å². The lowest BCUT2D eigenvalue weighted by molar-refractivity contribution is 0.713. The SMILES string of the molecule is CC(CCN)Nc1ccn2nccc2n1. The van der Waals surface area contributed by atoms with Crippen LogP contribution in [0.3, 0.4) is 0 Å². The Morgan fingerprint density at radius 3 is 3.20 bits per heavy atom. The fraction of sp³-hybridized carbons (Fsp3) is 0.400. The van der Waals surface area contributed by atoms with E-state index in [4.69, 9.17) is 5.73 Å². The highest BCUT2D eigenvalue weighted by Gasteiger charge is 2.02. The van der Waals surface area contributed by atoms with Crippen LogP contribution in [0, 0.1) is 0 Å². The predicted octanol–water partition coefficient (Wildman–Crippen LogP) is 0.878. The molecule has 0 aromatic carbocycles. The molecule has 5 nitrogen and oxygen atoms in total. The van der Waals surface area contributed by atoms with Gasteiger partial charge < -0.3 is 11.1 Å². The molecule has 1 unspecified atom stereocenters. The van der Waals surface area contributed by atoms with E-state index in [9.17, 15) is 0 Å². The van der Waals surface area contributed by atoms with Gasteiger partial charge in [-0.15, -0.1) is 0 Å². The maximum Gasteiger partial charge on any atom is 0.157 e. The topological polar surface area (TPSA) is 68.2 Å². The van der Waals surface area contributed by atoms with Crippen LogP contribution >= 0.6 is 0 Å². The zero-order valence-corrected chi connectivity index (χ0v) is 8.72. The summed E-state index contributed by atoms with van der Waals surface area (Å²) in [6, 6.07) is 4.12. The van der Waals surface area contributed by atoms with Gasteiger partial charge in [-0.25, -0.2) is 9.50 Å². The second kappa shape index (κ2) is 4.27. The average molecular weight is 205 g/mol. The summed E-state index contributed by atoms with van der Waals surface area (Å²) in [7, 11) is 0. The van der Waals surface area contributed by atoms with Gasteiger partial charge in [0.1, 0.15) is 5.82 Å². The molecule has 5 heteroatoms. The minimum absolute atomic E-state index is 0.341. The number of hydrogen-bond donors (Lipinski definition) is 2. The van der Waals surface area contributed by atoms with Gasteiger partial charge in [0, 0.05) is 18.3 Å². The molecule has 0 radical (unpaired) electrons. The fourth-order valence-electron chi connectivity index (χ4n) is 1.47. The Morgan fingerprint density at radius 2 is 2.40 bits per heavy atom. The lowest BCUT2D eigenvalue weighted by Gasteiger charge is -2.12. The summed E-state index contributed by atoms with van der Waals surface area (Å²) in [5.41, 5.74) is 6.33. The molecule has 0 spiro atoms. The molecule has 3 N–H and O–H groups in total. The monoisotopic (exact) mass is 205 g/mol. The van der Waals surface area contributed by atoms with Crippen molar-refractivity contribution in [1.82, 2.24) is 14.6 Å². The Labute approximate surface area is 88.3 Å². The minimum atomic E-state index is 0.341. The van der Waals surface area contributed by atoms with Crippen LogP contribution < -0.4 is 11.1 Å². The lowest BCUT2D eigenvalue weighted by Crippen LogP contribution is -2.20. The van der Waals surface area contributed by atoms with Gasteiger partial charge in [-0.3, -0.25) is 0 Å². The molecule has 2 rings (SSSR count). The Balaban J connectivity index is 2.14. The molecule has 0 fully saturated rings. The first-order valence-corrected chi connectivity index (χ1v) is 5.06. The van der Waals surface area contributed by atoms with E-state index in [1.54, 1.807) is 10.7 Å². The van der Waals surface area contributed by atoms with E-state index < -0.39 is 0 Å². The number of nitrogens with two attached hydrogens (primary N) is 1.